The van der Waals surface area contributed by atoms with Crippen molar-refractivity contribution in [2.75, 3.05) is 50.1 Å². The minimum absolute atomic E-state index is 0.109. The van der Waals surface area contributed by atoms with Gasteiger partial charge in [0, 0.05) is 38.9 Å². The summed E-state index contributed by atoms with van der Waals surface area (Å²) in [5, 5.41) is 3.35. The number of piperazine rings is 1. The van der Waals surface area contributed by atoms with Crippen LogP contribution in [0.4, 0.5) is 11.6 Å². The van der Waals surface area contributed by atoms with Gasteiger partial charge < -0.3 is 19.9 Å². The molecule has 2 saturated heterocycles. The molecule has 0 saturated carbocycles. The first-order valence-electron chi connectivity index (χ1n) is 9.03. The molecule has 1 aromatic heterocycles. The van der Waals surface area contributed by atoms with Crippen molar-refractivity contribution in [2.24, 2.45) is 0 Å². The highest BCUT2D eigenvalue weighted by atomic mass is 79.9. The van der Waals surface area contributed by atoms with Gasteiger partial charge in [-0.1, -0.05) is 15.9 Å². The molecule has 4 rings (SSSR count). The first-order chi connectivity index (χ1) is 12.6. The molecule has 4 heterocycles. The van der Waals surface area contributed by atoms with E-state index in [9.17, 15) is 0 Å². The molecule has 140 valence electrons. The lowest BCUT2D eigenvalue weighted by molar-refractivity contribution is -0.0692. The third-order valence-electron chi connectivity index (χ3n) is 5.21. The maximum atomic E-state index is 5.32. The second-order valence-electron chi connectivity index (χ2n) is 7.08. The van der Waals surface area contributed by atoms with Crippen LogP contribution in [0.1, 0.15) is 6.92 Å². The Hall–Kier alpha value is -1.64. The first kappa shape index (κ1) is 17.8. The summed E-state index contributed by atoms with van der Waals surface area (Å²) in [5.74, 6) is 1.70. The molecule has 26 heavy (non-hydrogen) atoms. The monoisotopic (exact) mass is 420 g/mol. The second-order valence-corrected chi connectivity index (χ2v) is 7.95. The normalized spacial score (nSPS) is 27.3. The lowest BCUT2D eigenvalue weighted by Gasteiger charge is -2.46. The van der Waals surface area contributed by atoms with Crippen LogP contribution in [0.15, 0.2) is 36.4 Å². The van der Waals surface area contributed by atoms with Crippen molar-refractivity contribution in [1.29, 1.82) is 0 Å². The Morgan fingerprint density at radius 2 is 2.08 bits per heavy atom. The number of nitrogens with zero attached hydrogens (tertiary/aromatic N) is 5. The van der Waals surface area contributed by atoms with Crippen molar-refractivity contribution >= 4 is 27.6 Å². The van der Waals surface area contributed by atoms with E-state index in [1.165, 1.54) is 0 Å². The van der Waals surface area contributed by atoms with E-state index in [2.05, 4.69) is 52.8 Å². The molecule has 1 N–H and O–H groups in total. The molecule has 2 fully saturated rings. The summed E-state index contributed by atoms with van der Waals surface area (Å²) in [7, 11) is 2.02. The van der Waals surface area contributed by atoms with Gasteiger partial charge in [-0.2, -0.15) is 0 Å². The minimum Gasteiger partial charge on any atom is -0.378 e. The van der Waals surface area contributed by atoms with E-state index in [0.29, 0.717) is 12.1 Å². The molecule has 0 radical (unpaired) electrons. The van der Waals surface area contributed by atoms with Crippen molar-refractivity contribution < 1.29 is 4.74 Å². The summed E-state index contributed by atoms with van der Waals surface area (Å²) in [6.07, 6.45) is 9.76. The summed E-state index contributed by atoms with van der Waals surface area (Å²) in [6.45, 7) is 7.08. The first-order valence-corrected chi connectivity index (χ1v) is 9.95. The van der Waals surface area contributed by atoms with Crippen LogP contribution in [0.25, 0.3) is 0 Å². The zero-order valence-corrected chi connectivity index (χ0v) is 16.8. The zero-order chi connectivity index (χ0) is 18.1. The highest BCUT2D eigenvalue weighted by Crippen LogP contribution is 2.24. The molecule has 3 aliphatic heterocycles. The number of halogens is 1. The van der Waals surface area contributed by atoms with Crippen molar-refractivity contribution in [3.05, 3.63) is 36.4 Å². The molecular weight excluding hydrogens is 396 g/mol. The molecule has 8 heteroatoms. The lowest BCUT2D eigenvalue weighted by Crippen LogP contribution is -2.59. The van der Waals surface area contributed by atoms with Crippen LogP contribution in [0.5, 0.6) is 0 Å². The highest BCUT2D eigenvalue weighted by Gasteiger charge is 2.32. The van der Waals surface area contributed by atoms with E-state index in [1.54, 1.807) is 0 Å². The van der Waals surface area contributed by atoms with Crippen molar-refractivity contribution in [3.8, 4) is 0 Å². The van der Waals surface area contributed by atoms with Crippen molar-refractivity contribution in [3.63, 3.8) is 0 Å². The number of hydrogen-bond donors (Lipinski definition) is 1. The Morgan fingerprint density at radius 1 is 1.23 bits per heavy atom. The van der Waals surface area contributed by atoms with Gasteiger partial charge in [0.1, 0.15) is 16.6 Å². The van der Waals surface area contributed by atoms with Crippen LogP contribution in [0.3, 0.4) is 0 Å². The Kier molecular flexibility index (Phi) is 5.15. The standard InChI is InChI=1S/C18H25BrN6O/c1-13-10-24(14-11-26-12-14)6-7-25(13)17-9-20-16(8-21-17)22-15-4-3-5-23(2)18(15)19/h3-5,8-9,13-14,18H,6-7,10-12H2,1-2H3,(H,20,22). The van der Waals surface area contributed by atoms with Gasteiger partial charge >= 0.3 is 0 Å². The maximum Gasteiger partial charge on any atom is 0.148 e. The van der Waals surface area contributed by atoms with Gasteiger partial charge in [0.05, 0.1) is 37.3 Å². The predicted molar refractivity (Wildman–Crippen MR) is 106 cm³/mol. The number of ether oxygens (including phenoxy) is 1. The predicted octanol–water partition coefficient (Wildman–Crippen LogP) is 1.86. The average molecular weight is 421 g/mol. The van der Waals surface area contributed by atoms with E-state index in [1.807, 2.05) is 37.8 Å². The van der Waals surface area contributed by atoms with Crippen LogP contribution >= 0.6 is 15.9 Å². The second kappa shape index (κ2) is 7.54. The van der Waals surface area contributed by atoms with Crippen LogP contribution in [-0.4, -0.2) is 76.7 Å². The van der Waals surface area contributed by atoms with Gasteiger partial charge in [-0.3, -0.25) is 4.90 Å². The summed E-state index contributed by atoms with van der Waals surface area (Å²) >= 11 is 3.66. The fourth-order valence-corrected chi connectivity index (χ4v) is 3.94. The molecule has 0 amide bonds. The SMILES string of the molecule is CC1CN(C2COC2)CCN1c1cnc(NC2=CC=CN(C)C2Br)cn1. The Balaban J connectivity index is 1.38. The van der Waals surface area contributed by atoms with Crippen LogP contribution in [-0.2, 0) is 4.74 Å². The lowest BCUT2D eigenvalue weighted by atomic mass is 10.1. The quantitative estimate of drug-likeness (QED) is 0.589. The molecular formula is C18H25BrN6O. The van der Waals surface area contributed by atoms with Crippen LogP contribution in [0, 0.1) is 0 Å². The maximum absolute atomic E-state index is 5.32. The third kappa shape index (κ3) is 3.58. The summed E-state index contributed by atoms with van der Waals surface area (Å²) in [6, 6.07) is 1.02. The topological polar surface area (TPSA) is 56.8 Å². The van der Waals surface area contributed by atoms with Crippen LogP contribution in [0.2, 0.25) is 0 Å². The van der Waals surface area contributed by atoms with Gasteiger partial charge in [0.2, 0.25) is 0 Å². The number of alkyl halides is 1. The summed E-state index contributed by atoms with van der Waals surface area (Å²) < 4.78 is 5.32. The van der Waals surface area contributed by atoms with Gasteiger partial charge in [0.25, 0.3) is 0 Å². The molecule has 1 aromatic rings. The fraction of sp³-hybridized carbons (Fsp3) is 0.556. The van der Waals surface area contributed by atoms with Gasteiger partial charge in [0.15, 0.2) is 0 Å². The van der Waals surface area contributed by atoms with Gasteiger partial charge in [-0.05, 0) is 19.1 Å². The Morgan fingerprint density at radius 3 is 2.73 bits per heavy atom. The largest absolute Gasteiger partial charge is 0.378 e. The van der Waals surface area contributed by atoms with Gasteiger partial charge in [-0.25, -0.2) is 9.97 Å². The highest BCUT2D eigenvalue weighted by molar-refractivity contribution is 9.09. The zero-order valence-electron chi connectivity index (χ0n) is 15.2. The van der Waals surface area contributed by atoms with E-state index in [-0.39, 0.29) is 4.95 Å². The number of aromatic nitrogens is 2. The Labute approximate surface area is 162 Å². The molecule has 2 atom stereocenters. The van der Waals surface area contributed by atoms with E-state index in [0.717, 1.165) is 50.2 Å². The number of likely N-dealkylation sites (N-methyl/N-ethyl adjacent to an activating group) is 1. The summed E-state index contributed by atoms with van der Waals surface area (Å²) in [5.41, 5.74) is 1.04. The summed E-state index contributed by atoms with van der Waals surface area (Å²) in [4.78, 5) is 16.3. The third-order valence-corrected chi connectivity index (χ3v) is 6.35. The fourth-order valence-electron chi connectivity index (χ4n) is 3.53. The molecule has 3 aliphatic rings. The number of hydrogen-bond acceptors (Lipinski definition) is 7. The van der Waals surface area contributed by atoms with Crippen LogP contribution < -0.4 is 10.2 Å². The number of anilines is 2. The molecule has 0 bridgehead atoms. The van der Waals surface area contributed by atoms with E-state index < -0.39 is 0 Å². The van der Waals surface area contributed by atoms with Gasteiger partial charge in [-0.15, -0.1) is 0 Å². The molecule has 7 nitrogen and oxygen atoms in total. The van der Waals surface area contributed by atoms with E-state index >= 15 is 0 Å². The molecule has 0 spiro atoms. The molecule has 0 aliphatic carbocycles. The molecule has 2 unspecified atom stereocenters. The number of rotatable bonds is 4. The number of nitrogens with one attached hydrogen (secondary N) is 1. The number of allylic oxidation sites excluding steroid dienone is 2. The Bertz CT molecular complexity index is 689. The smallest absolute Gasteiger partial charge is 0.148 e. The average Bonchev–Trinajstić information content (AvgIpc) is 2.59. The van der Waals surface area contributed by atoms with Crippen molar-refractivity contribution in [1.82, 2.24) is 19.8 Å². The minimum atomic E-state index is 0.109. The van der Waals surface area contributed by atoms with E-state index in [4.69, 9.17) is 4.74 Å². The van der Waals surface area contributed by atoms with Crippen molar-refractivity contribution in [2.45, 2.75) is 24.0 Å². The molecule has 0 aromatic carbocycles.